The number of ether oxygens (including phenoxy) is 1. The minimum Gasteiger partial charge on any atom is -0.460 e. The summed E-state index contributed by atoms with van der Waals surface area (Å²) in [5.41, 5.74) is 0. The second kappa shape index (κ2) is 9.59. The van der Waals surface area contributed by atoms with E-state index in [2.05, 4.69) is 20.4 Å². The van der Waals surface area contributed by atoms with E-state index in [9.17, 15) is 4.79 Å². The van der Waals surface area contributed by atoms with Crippen LogP contribution in [0.1, 0.15) is 33.1 Å². The summed E-state index contributed by atoms with van der Waals surface area (Å²) in [4.78, 5) is 10.1. The second-order valence-corrected chi connectivity index (χ2v) is 2.89. The lowest BCUT2D eigenvalue weighted by molar-refractivity contribution is -0.133. The maximum absolute atomic E-state index is 10.1. The standard InChI is InChI=1S/C10H18O2.ClH/c1-4-7-9(5-2)10(6-3)12-8-11;/h6,8-10H,3-5,7H2,1-2H3;1H. The Balaban J connectivity index is 0. The molecule has 0 radical (unpaired) electrons. The molecule has 0 bridgehead atoms. The van der Waals surface area contributed by atoms with Crippen LogP contribution in [0.15, 0.2) is 12.7 Å². The molecule has 0 saturated carbocycles. The van der Waals surface area contributed by atoms with Crippen LogP contribution in [0, 0.1) is 5.92 Å². The molecule has 0 amide bonds. The summed E-state index contributed by atoms with van der Waals surface area (Å²) in [6.07, 6.45) is 4.83. The molecule has 0 fully saturated rings. The normalized spacial score (nSPS) is 13.7. The molecule has 0 N–H and O–H groups in total. The highest BCUT2D eigenvalue weighted by atomic mass is 35.5. The van der Waals surface area contributed by atoms with Gasteiger partial charge in [0, 0.05) is 0 Å². The number of carbonyl (C=O) groups excluding carboxylic acids is 1. The highest BCUT2D eigenvalue weighted by Crippen LogP contribution is 2.18. The highest BCUT2D eigenvalue weighted by molar-refractivity contribution is 5.85. The Morgan fingerprint density at radius 2 is 2.08 bits per heavy atom. The Bertz CT molecular complexity index is 137. The Morgan fingerprint density at radius 1 is 1.46 bits per heavy atom. The maximum Gasteiger partial charge on any atom is 0.293 e. The van der Waals surface area contributed by atoms with E-state index in [0.717, 1.165) is 19.3 Å². The molecule has 0 aromatic rings. The van der Waals surface area contributed by atoms with Crippen LogP contribution in [-0.2, 0) is 9.53 Å². The average Bonchev–Trinajstić information content (AvgIpc) is 2.11. The van der Waals surface area contributed by atoms with Gasteiger partial charge in [0.2, 0.25) is 0 Å². The molecule has 2 atom stereocenters. The first kappa shape index (κ1) is 15.0. The Kier molecular flexibility index (Phi) is 11.1. The minimum absolute atomic E-state index is 0. The monoisotopic (exact) mass is 206 g/mol. The first-order valence-electron chi connectivity index (χ1n) is 4.51. The third-order valence-electron chi connectivity index (χ3n) is 2.09. The quantitative estimate of drug-likeness (QED) is 0.473. The molecule has 0 aromatic carbocycles. The molecule has 2 unspecified atom stereocenters. The number of halogens is 1. The van der Waals surface area contributed by atoms with Crippen LogP contribution in [0.4, 0.5) is 0 Å². The number of hydrogen-bond acceptors (Lipinski definition) is 2. The van der Waals surface area contributed by atoms with E-state index in [-0.39, 0.29) is 18.5 Å². The zero-order valence-corrected chi connectivity index (χ0v) is 9.18. The van der Waals surface area contributed by atoms with Crippen molar-refractivity contribution in [3.63, 3.8) is 0 Å². The lowest BCUT2D eigenvalue weighted by Gasteiger charge is -2.20. The van der Waals surface area contributed by atoms with Crippen LogP contribution in [0.3, 0.4) is 0 Å². The van der Waals surface area contributed by atoms with E-state index in [4.69, 9.17) is 4.74 Å². The van der Waals surface area contributed by atoms with Gasteiger partial charge >= 0.3 is 0 Å². The predicted molar refractivity (Wildman–Crippen MR) is 57.1 cm³/mol. The molecule has 78 valence electrons. The summed E-state index contributed by atoms with van der Waals surface area (Å²) >= 11 is 0. The number of carbonyl (C=O) groups is 1. The fraction of sp³-hybridized carbons (Fsp3) is 0.700. The van der Waals surface area contributed by atoms with Crippen LogP contribution in [-0.4, -0.2) is 12.6 Å². The Labute approximate surface area is 86.8 Å². The molecule has 0 aliphatic rings. The Hall–Kier alpha value is -0.500. The summed E-state index contributed by atoms with van der Waals surface area (Å²) in [5.74, 6) is 0.428. The van der Waals surface area contributed by atoms with Gasteiger partial charge in [-0.3, -0.25) is 4.79 Å². The summed E-state index contributed by atoms with van der Waals surface area (Å²) in [5, 5.41) is 0. The van der Waals surface area contributed by atoms with Gasteiger partial charge in [0.05, 0.1) is 0 Å². The molecule has 2 nitrogen and oxygen atoms in total. The summed E-state index contributed by atoms with van der Waals surface area (Å²) < 4.78 is 4.90. The third kappa shape index (κ3) is 5.69. The Morgan fingerprint density at radius 3 is 2.38 bits per heavy atom. The van der Waals surface area contributed by atoms with Crippen molar-refractivity contribution in [1.29, 1.82) is 0 Å². The molecule has 13 heavy (non-hydrogen) atoms. The molecular weight excluding hydrogens is 188 g/mol. The average molecular weight is 207 g/mol. The lowest BCUT2D eigenvalue weighted by atomic mass is 9.94. The van der Waals surface area contributed by atoms with Crippen molar-refractivity contribution < 1.29 is 9.53 Å². The van der Waals surface area contributed by atoms with Gasteiger partial charge in [-0.1, -0.05) is 32.9 Å². The smallest absolute Gasteiger partial charge is 0.293 e. The molecule has 0 heterocycles. The molecule has 3 heteroatoms. The van der Waals surface area contributed by atoms with Gasteiger partial charge in [-0.05, 0) is 18.8 Å². The van der Waals surface area contributed by atoms with Crippen molar-refractivity contribution in [2.45, 2.75) is 39.2 Å². The fourth-order valence-corrected chi connectivity index (χ4v) is 1.39. The minimum atomic E-state index is -0.104. The first-order valence-corrected chi connectivity index (χ1v) is 4.51. The van der Waals surface area contributed by atoms with Crippen LogP contribution in [0.2, 0.25) is 0 Å². The van der Waals surface area contributed by atoms with Gasteiger partial charge in [0.15, 0.2) is 0 Å². The van der Waals surface area contributed by atoms with E-state index < -0.39 is 0 Å². The van der Waals surface area contributed by atoms with Crippen LogP contribution in [0.25, 0.3) is 0 Å². The number of hydrogen-bond donors (Lipinski definition) is 0. The molecule has 0 aliphatic carbocycles. The molecule has 0 saturated heterocycles. The van der Waals surface area contributed by atoms with Gasteiger partial charge in [-0.15, -0.1) is 12.4 Å². The van der Waals surface area contributed by atoms with Gasteiger partial charge in [0.25, 0.3) is 6.47 Å². The highest BCUT2D eigenvalue weighted by Gasteiger charge is 2.16. The largest absolute Gasteiger partial charge is 0.460 e. The summed E-state index contributed by atoms with van der Waals surface area (Å²) in [7, 11) is 0. The van der Waals surface area contributed by atoms with Crippen LogP contribution >= 0.6 is 12.4 Å². The van der Waals surface area contributed by atoms with Crippen molar-refractivity contribution in [1.82, 2.24) is 0 Å². The molecule has 0 aromatic heterocycles. The van der Waals surface area contributed by atoms with E-state index in [1.165, 1.54) is 0 Å². The molecule has 0 spiro atoms. The van der Waals surface area contributed by atoms with Crippen molar-refractivity contribution in [3.8, 4) is 0 Å². The predicted octanol–water partition coefficient (Wildman–Crippen LogP) is 2.96. The van der Waals surface area contributed by atoms with E-state index in [1.54, 1.807) is 6.08 Å². The van der Waals surface area contributed by atoms with Crippen LogP contribution in [0.5, 0.6) is 0 Å². The SMILES string of the molecule is C=CC(OC=O)C(CC)CCC.Cl. The fourth-order valence-electron chi connectivity index (χ4n) is 1.39. The zero-order valence-electron chi connectivity index (χ0n) is 8.36. The van der Waals surface area contributed by atoms with E-state index >= 15 is 0 Å². The van der Waals surface area contributed by atoms with Crippen molar-refractivity contribution in [3.05, 3.63) is 12.7 Å². The first-order chi connectivity index (χ1) is 5.79. The van der Waals surface area contributed by atoms with Crippen molar-refractivity contribution in [2.24, 2.45) is 5.92 Å². The molecule has 0 aliphatic heterocycles. The van der Waals surface area contributed by atoms with Gasteiger partial charge in [-0.2, -0.15) is 0 Å². The second-order valence-electron chi connectivity index (χ2n) is 2.89. The molecular formula is C10H19ClO2. The van der Waals surface area contributed by atoms with Crippen LogP contribution < -0.4 is 0 Å². The maximum atomic E-state index is 10.1. The summed E-state index contributed by atoms with van der Waals surface area (Å²) in [6, 6.07) is 0. The van der Waals surface area contributed by atoms with E-state index in [1.807, 2.05) is 0 Å². The zero-order chi connectivity index (χ0) is 9.40. The van der Waals surface area contributed by atoms with Crippen molar-refractivity contribution in [2.75, 3.05) is 0 Å². The number of rotatable bonds is 7. The van der Waals surface area contributed by atoms with Gasteiger partial charge in [0.1, 0.15) is 6.10 Å². The van der Waals surface area contributed by atoms with Gasteiger partial charge in [-0.25, -0.2) is 0 Å². The molecule has 0 rings (SSSR count). The van der Waals surface area contributed by atoms with E-state index in [0.29, 0.717) is 12.4 Å². The third-order valence-corrected chi connectivity index (χ3v) is 2.09. The summed E-state index contributed by atoms with van der Waals surface area (Å²) in [6.45, 7) is 8.38. The van der Waals surface area contributed by atoms with Crippen molar-refractivity contribution >= 4 is 18.9 Å². The van der Waals surface area contributed by atoms with Gasteiger partial charge < -0.3 is 4.74 Å². The topological polar surface area (TPSA) is 26.3 Å². The lowest BCUT2D eigenvalue weighted by Crippen LogP contribution is -2.20.